The standard InChI is InChI=1S/C18H17ClN4O2S/c1-2-23-17(12-7-9-13(24)10-8-12)21-22-18(23)26-11-16(25)20-15-6-4-3-5-14(15)19/h3-10,24H,2,11H2,1H3,(H,20,25). The summed E-state index contributed by atoms with van der Waals surface area (Å²) in [5.41, 5.74) is 1.44. The van der Waals surface area contributed by atoms with E-state index in [1.807, 2.05) is 17.6 Å². The van der Waals surface area contributed by atoms with Crippen LogP contribution < -0.4 is 5.32 Å². The Morgan fingerprint density at radius 3 is 2.62 bits per heavy atom. The van der Waals surface area contributed by atoms with Gasteiger partial charge >= 0.3 is 0 Å². The van der Waals surface area contributed by atoms with Gasteiger partial charge in [0.25, 0.3) is 0 Å². The topological polar surface area (TPSA) is 80.0 Å². The number of nitrogens with zero attached hydrogens (tertiary/aromatic N) is 3. The number of hydrogen-bond acceptors (Lipinski definition) is 5. The number of phenolic OH excluding ortho intramolecular Hbond substituents is 1. The summed E-state index contributed by atoms with van der Waals surface area (Å²) in [4.78, 5) is 12.2. The molecule has 0 bridgehead atoms. The average molecular weight is 389 g/mol. The van der Waals surface area contributed by atoms with E-state index in [0.717, 1.165) is 5.56 Å². The molecule has 8 heteroatoms. The fourth-order valence-corrected chi connectivity index (χ4v) is 3.37. The summed E-state index contributed by atoms with van der Waals surface area (Å²) in [5, 5.41) is 21.8. The summed E-state index contributed by atoms with van der Waals surface area (Å²) in [6.45, 7) is 2.65. The largest absolute Gasteiger partial charge is 0.508 e. The van der Waals surface area contributed by atoms with E-state index in [4.69, 9.17) is 11.6 Å². The van der Waals surface area contributed by atoms with Crippen molar-refractivity contribution in [2.24, 2.45) is 0 Å². The van der Waals surface area contributed by atoms with E-state index in [1.54, 1.807) is 42.5 Å². The van der Waals surface area contributed by atoms with E-state index < -0.39 is 0 Å². The van der Waals surface area contributed by atoms with Gasteiger partial charge in [0.1, 0.15) is 5.75 Å². The molecule has 0 aliphatic heterocycles. The van der Waals surface area contributed by atoms with E-state index in [0.29, 0.717) is 28.2 Å². The SMILES string of the molecule is CCn1c(SCC(=O)Nc2ccccc2Cl)nnc1-c1ccc(O)cc1. The van der Waals surface area contributed by atoms with Gasteiger partial charge in [-0.15, -0.1) is 10.2 Å². The van der Waals surface area contributed by atoms with E-state index in [-0.39, 0.29) is 17.4 Å². The van der Waals surface area contributed by atoms with Gasteiger partial charge in [-0.1, -0.05) is 35.5 Å². The zero-order valence-corrected chi connectivity index (χ0v) is 15.6. The lowest BCUT2D eigenvalue weighted by atomic mass is 10.2. The first-order valence-electron chi connectivity index (χ1n) is 7.98. The van der Waals surface area contributed by atoms with Gasteiger partial charge in [-0.25, -0.2) is 0 Å². The van der Waals surface area contributed by atoms with Crippen LogP contribution in [0.1, 0.15) is 6.92 Å². The van der Waals surface area contributed by atoms with Gasteiger partial charge in [0, 0.05) is 12.1 Å². The van der Waals surface area contributed by atoms with Gasteiger partial charge in [0.15, 0.2) is 11.0 Å². The Morgan fingerprint density at radius 1 is 1.19 bits per heavy atom. The summed E-state index contributed by atoms with van der Waals surface area (Å²) >= 11 is 7.36. The van der Waals surface area contributed by atoms with Gasteiger partial charge in [-0.2, -0.15) is 0 Å². The molecule has 134 valence electrons. The van der Waals surface area contributed by atoms with Crippen molar-refractivity contribution in [3.05, 3.63) is 53.6 Å². The third-order valence-corrected chi connectivity index (χ3v) is 4.94. The molecule has 0 saturated heterocycles. The molecule has 1 amide bonds. The predicted molar refractivity (Wildman–Crippen MR) is 104 cm³/mol. The van der Waals surface area contributed by atoms with Crippen molar-refractivity contribution >= 4 is 35.0 Å². The number of amides is 1. The fourth-order valence-electron chi connectivity index (χ4n) is 2.38. The smallest absolute Gasteiger partial charge is 0.234 e. The molecule has 0 spiro atoms. The van der Waals surface area contributed by atoms with E-state index >= 15 is 0 Å². The first-order valence-corrected chi connectivity index (χ1v) is 9.34. The molecule has 1 heterocycles. The van der Waals surface area contributed by atoms with Crippen LogP contribution in [0.25, 0.3) is 11.4 Å². The lowest BCUT2D eigenvalue weighted by molar-refractivity contribution is -0.113. The molecule has 0 fully saturated rings. The molecule has 2 aromatic carbocycles. The molecular formula is C18H17ClN4O2S. The molecule has 2 N–H and O–H groups in total. The second-order valence-corrected chi connectivity index (χ2v) is 6.76. The summed E-state index contributed by atoms with van der Waals surface area (Å²) in [6, 6.07) is 13.9. The minimum absolute atomic E-state index is 0.167. The Morgan fingerprint density at radius 2 is 1.92 bits per heavy atom. The van der Waals surface area contributed by atoms with Crippen molar-refractivity contribution < 1.29 is 9.90 Å². The molecule has 1 aromatic heterocycles. The Hall–Kier alpha value is -2.51. The number of carbonyl (C=O) groups excluding carboxylic acids is 1. The number of benzene rings is 2. The molecule has 0 saturated carbocycles. The number of thioether (sulfide) groups is 1. The highest BCUT2D eigenvalue weighted by Crippen LogP contribution is 2.26. The first kappa shape index (κ1) is 18.3. The van der Waals surface area contributed by atoms with Crippen LogP contribution >= 0.6 is 23.4 Å². The highest BCUT2D eigenvalue weighted by Gasteiger charge is 2.15. The second kappa shape index (κ2) is 8.25. The number of aromatic nitrogens is 3. The van der Waals surface area contributed by atoms with Crippen LogP contribution in [0, 0.1) is 0 Å². The van der Waals surface area contributed by atoms with Crippen LogP contribution in [-0.2, 0) is 11.3 Å². The van der Waals surface area contributed by atoms with Crippen molar-refractivity contribution in [3.63, 3.8) is 0 Å². The van der Waals surface area contributed by atoms with Gasteiger partial charge in [-0.05, 0) is 43.3 Å². The monoisotopic (exact) mass is 388 g/mol. The highest BCUT2D eigenvalue weighted by molar-refractivity contribution is 7.99. The molecule has 0 unspecified atom stereocenters. The van der Waals surface area contributed by atoms with Gasteiger partial charge < -0.3 is 15.0 Å². The predicted octanol–water partition coefficient (Wildman–Crippen LogP) is 4.05. The molecular weight excluding hydrogens is 372 g/mol. The molecule has 26 heavy (non-hydrogen) atoms. The third kappa shape index (κ3) is 4.17. The average Bonchev–Trinajstić information content (AvgIpc) is 3.05. The summed E-state index contributed by atoms with van der Waals surface area (Å²) in [7, 11) is 0. The maximum Gasteiger partial charge on any atom is 0.234 e. The Bertz CT molecular complexity index is 912. The fraction of sp³-hybridized carbons (Fsp3) is 0.167. The van der Waals surface area contributed by atoms with E-state index in [1.165, 1.54) is 11.8 Å². The van der Waals surface area contributed by atoms with Crippen LogP contribution in [0.3, 0.4) is 0 Å². The van der Waals surface area contributed by atoms with Crippen LogP contribution in [-0.4, -0.2) is 31.5 Å². The Labute approximate surface area is 160 Å². The Balaban J connectivity index is 1.69. The molecule has 6 nitrogen and oxygen atoms in total. The zero-order valence-electron chi connectivity index (χ0n) is 14.0. The van der Waals surface area contributed by atoms with Crippen LogP contribution in [0.4, 0.5) is 5.69 Å². The maximum atomic E-state index is 12.2. The molecule has 3 aromatic rings. The number of aromatic hydroxyl groups is 1. The van der Waals surface area contributed by atoms with Crippen molar-refractivity contribution in [2.45, 2.75) is 18.6 Å². The van der Waals surface area contributed by atoms with Crippen LogP contribution in [0.5, 0.6) is 5.75 Å². The van der Waals surface area contributed by atoms with Crippen molar-refractivity contribution in [2.75, 3.05) is 11.1 Å². The summed E-state index contributed by atoms with van der Waals surface area (Å²) in [5.74, 6) is 0.919. The number of carbonyl (C=O) groups is 1. The number of para-hydroxylation sites is 1. The minimum atomic E-state index is -0.167. The molecule has 0 aliphatic rings. The third-order valence-electron chi connectivity index (χ3n) is 3.64. The number of rotatable bonds is 6. The number of hydrogen-bond donors (Lipinski definition) is 2. The minimum Gasteiger partial charge on any atom is -0.508 e. The van der Waals surface area contributed by atoms with Gasteiger partial charge in [0.2, 0.25) is 5.91 Å². The lowest BCUT2D eigenvalue weighted by Gasteiger charge is -2.08. The molecule has 0 atom stereocenters. The molecule has 0 aliphatic carbocycles. The quantitative estimate of drug-likeness (QED) is 0.622. The molecule has 3 rings (SSSR count). The van der Waals surface area contributed by atoms with Gasteiger partial charge in [0.05, 0.1) is 16.5 Å². The van der Waals surface area contributed by atoms with Crippen molar-refractivity contribution in [3.8, 4) is 17.1 Å². The van der Waals surface area contributed by atoms with Crippen molar-refractivity contribution in [1.82, 2.24) is 14.8 Å². The number of phenols is 1. The van der Waals surface area contributed by atoms with Crippen LogP contribution in [0.2, 0.25) is 5.02 Å². The number of halogens is 1. The first-order chi connectivity index (χ1) is 12.6. The summed E-state index contributed by atoms with van der Waals surface area (Å²) in [6.07, 6.45) is 0. The highest BCUT2D eigenvalue weighted by atomic mass is 35.5. The summed E-state index contributed by atoms with van der Waals surface area (Å²) < 4.78 is 1.93. The zero-order chi connectivity index (χ0) is 18.5. The van der Waals surface area contributed by atoms with E-state index in [2.05, 4.69) is 15.5 Å². The Kier molecular flexibility index (Phi) is 5.80. The number of nitrogens with one attached hydrogen (secondary N) is 1. The molecule has 0 radical (unpaired) electrons. The maximum absolute atomic E-state index is 12.2. The van der Waals surface area contributed by atoms with Crippen molar-refractivity contribution in [1.29, 1.82) is 0 Å². The second-order valence-electron chi connectivity index (χ2n) is 5.41. The van der Waals surface area contributed by atoms with E-state index in [9.17, 15) is 9.90 Å². The van der Waals surface area contributed by atoms with Gasteiger partial charge in [-0.3, -0.25) is 4.79 Å². The van der Waals surface area contributed by atoms with Crippen LogP contribution in [0.15, 0.2) is 53.7 Å². The lowest BCUT2D eigenvalue weighted by Crippen LogP contribution is -2.15. The normalized spacial score (nSPS) is 10.7. The number of anilines is 1.